The fourth-order valence-corrected chi connectivity index (χ4v) is 5.65. The van der Waals surface area contributed by atoms with Crippen molar-refractivity contribution in [2.45, 2.75) is 18.5 Å². The lowest BCUT2D eigenvalue weighted by atomic mass is 10.0. The van der Waals surface area contributed by atoms with Gasteiger partial charge in [-0.1, -0.05) is 18.2 Å². The molecule has 0 radical (unpaired) electrons. The molecule has 0 aliphatic carbocycles. The lowest BCUT2D eigenvalue weighted by Crippen LogP contribution is -2.63. The van der Waals surface area contributed by atoms with E-state index in [4.69, 9.17) is 4.74 Å². The zero-order chi connectivity index (χ0) is 19.6. The van der Waals surface area contributed by atoms with Gasteiger partial charge in [-0.05, 0) is 12.1 Å². The number of ether oxygens (including phenoxy) is 1. The van der Waals surface area contributed by atoms with Crippen molar-refractivity contribution in [3.8, 4) is 5.75 Å². The van der Waals surface area contributed by atoms with Crippen LogP contribution in [0.5, 0.6) is 5.75 Å². The van der Waals surface area contributed by atoms with Crippen molar-refractivity contribution in [1.82, 2.24) is 14.7 Å². The summed E-state index contributed by atoms with van der Waals surface area (Å²) in [4.78, 5) is 29.7. The van der Waals surface area contributed by atoms with E-state index in [0.717, 1.165) is 0 Å². The van der Waals surface area contributed by atoms with Gasteiger partial charge in [0, 0.05) is 27.2 Å². The number of urea groups is 1. The monoisotopic (exact) mass is 395 g/mol. The van der Waals surface area contributed by atoms with Gasteiger partial charge in [0.2, 0.25) is 5.91 Å². The van der Waals surface area contributed by atoms with Crippen molar-refractivity contribution < 1.29 is 22.7 Å². The number of rotatable bonds is 4. The second-order valence-electron chi connectivity index (χ2n) is 7.08. The minimum Gasteiger partial charge on any atom is -0.493 e. The van der Waals surface area contributed by atoms with Gasteiger partial charge < -0.3 is 19.4 Å². The number of carbonyl (C=O) groups excluding carboxylic acids is 2. The van der Waals surface area contributed by atoms with Gasteiger partial charge in [0.25, 0.3) is 0 Å². The molecule has 3 amide bonds. The number of benzene rings is 1. The summed E-state index contributed by atoms with van der Waals surface area (Å²) in [6.45, 7) is 0.892. The van der Waals surface area contributed by atoms with E-state index in [1.807, 2.05) is 30.3 Å². The van der Waals surface area contributed by atoms with E-state index in [1.165, 1.54) is 4.90 Å². The largest absolute Gasteiger partial charge is 0.493 e. The van der Waals surface area contributed by atoms with Crippen LogP contribution in [0.3, 0.4) is 0 Å². The third-order valence-corrected chi connectivity index (χ3v) is 6.65. The summed E-state index contributed by atoms with van der Waals surface area (Å²) in [5.74, 6) is 0.352. The lowest BCUT2D eigenvalue weighted by molar-refractivity contribution is -0.136. The first-order chi connectivity index (χ1) is 12.8. The molecule has 0 bridgehead atoms. The minimum absolute atomic E-state index is 0.0957. The Morgan fingerprint density at radius 2 is 1.67 bits per heavy atom. The second-order valence-corrected chi connectivity index (χ2v) is 9.23. The molecule has 9 heteroatoms. The zero-order valence-electron chi connectivity index (χ0n) is 15.6. The van der Waals surface area contributed by atoms with Crippen molar-refractivity contribution in [2.75, 3.05) is 45.3 Å². The summed E-state index contributed by atoms with van der Waals surface area (Å²) in [6, 6.07) is 8.02. The number of hydrogen-bond acceptors (Lipinski definition) is 5. The van der Waals surface area contributed by atoms with Crippen LogP contribution in [0.15, 0.2) is 30.3 Å². The van der Waals surface area contributed by atoms with E-state index in [9.17, 15) is 18.0 Å². The molecule has 0 aromatic heterocycles. The van der Waals surface area contributed by atoms with Crippen LogP contribution in [0.2, 0.25) is 0 Å². The summed E-state index contributed by atoms with van der Waals surface area (Å²) in [7, 11) is -0.0122. The molecule has 148 valence electrons. The summed E-state index contributed by atoms with van der Waals surface area (Å²) in [5.41, 5.74) is 0. The summed E-state index contributed by atoms with van der Waals surface area (Å²) >= 11 is 0. The Balaban J connectivity index is 1.66. The summed E-state index contributed by atoms with van der Waals surface area (Å²) < 4.78 is 29.9. The molecule has 8 nitrogen and oxygen atoms in total. The molecule has 2 fully saturated rings. The van der Waals surface area contributed by atoms with Crippen molar-refractivity contribution in [3.05, 3.63) is 30.3 Å². The highest BCUT2D eigenvalue weighted by molar-refractivity contribution is 7.91. The molecule has 0 unspecified atom stereocenters. The maximum Gasteiger partial charge on any atom is 0.319 e. The van der Waals surface area contributed by atoms with Gasteiger partial charge in [-0.3, -0.25) is 4.79 Å². The van der Waals surface area contributed by atoms with Gasteiger partial charge in [0.15, 0.2) is 9.84 Å². The van der Waals surface area contributed by atoms with Crippen LogP contribution < -0.4 is 4.74 Å². The van der Waals surface area contributed by atoms with Crippen molar-refractivity contribution in [1.29, 1.82) is 0 Å². The number of hydrogen-bond donors (Lipinski definition) is 0. The standard InChI is InChI=1S/C18H25N3O5S/c1-19(2)18(23)21-10-9-20(15-12-27(24,25)13-16(15)21)17(22)8-11-26-14-6-4-3-5-7-14/h3-7,15-16H,8-13H2,1-2H3/t15-,16+/m0/s1. The van der Waals surface area contributed by atoms with Gasteiger partial charge in [-0.25, -0.2) is 13.2 Å². The molecule has 2 saturated heterocycles. The van der Waals surface area contributed by atoms with E-state index < -0.39 is 21.9 Å². The Morgan fingerprint density at radius 1 is 1.07 bits per heavy atom. The SMILES string of the molecule is CN(C)C(=O)N1CCN(C(=O)CCOc2ccccc2)[C@H]2CS(=O)(=O)C[C@H]21. The first kappa shape index (κ1) is 19.5. The van der Waals surface area contributed by atoms with Gasteiger partial charge in [-0.2, -0.15) is 0 Å². The van der Waals surface area contributed by atoms with Crippen molar-refractivity contribution >= 4 is 21.8 Å². The van der Waals surface area contributed by atoms with Crippen molar-refractivity contribution in [3.63, 3.8) is 0 Å². The number of nitrogens with zero attached hydrogens (tertiary/aromatic N) is 3. The fourth-order valence-electron chi connectivity index (χ4n) is 3.67. The molecule has 2 aliphatic heterocycles. The maximum absolute atomic E-state index is 12.7. The molecule has 0 spiro atoms. The predicted molar refractivity (Wildman–Crippen MR) is 100 cm³/mol. The normalized spacial score (nSPS) is 23.6. The van der Waals surface area contributed by atoms with E-state index >= 15 is 0 Å². The molecular formula is C18H25N3O5S. The molecule has 3 rings (SSSR count). The average molecular weight is 395 g/mol. The Hall–Kier alpha value is -2.29. The lowest BCUT2D eigenvalue weighted by Gasteiger charge is -2.44. The van der Waals surface area contributed by atoms with Crippen LogP contribution >= 0.6 is 0 Å². The second kappa shape index (κ2) is 7.75. The molecule has 0 N–H and O–H groups in total. The van der Waals surface area contributed by atoms with E-state index in [0.29, 0.717) is 18.8 Å². The molecule has 2 aliphatic rings. The quantitative estimate of drug-likeness (QED) is 0.739. The number of fused-ring (bicyclic) bond motifs is 1. The van der Waals surface area contributed by atoms with E-state index in [1.54, 1.807) is 23.9 Å². The Bertz CT molecular complexity index is 796. The van der Waals surface area contributed by atoms with Gasteiger partial charge in [0.05, 0.1) is 36.6 Å². The number of para-hydroxylation sites is 1. The van der Waals surface area contributed by atoms with Crippen LogP contribution in [0.4, 0.5) is 4.79 Å². The van der Waals surface area contributed by atoms with E-state index in [-0.39, 0.29) is 36.5 Å². The maximum atomic E-state index is 12.7. The topological polar surface area (TPSA) is 87.2 Å². The zero-order valence-corrected chi connectivity index (χ0v) is 16.4. The van der Waals surface area contributed by atoms with Gasteiger partial charge in [-0.15, -0.1) is 0 Å². The minimum atomic E-state index is -3.29. The fraction of sp³-hybridized carbons (Fsp3) is 0.556. The summed E-state index contributed by atoms with van der Waals surface area (Å²) in [6.07, 6.45) is 0.166. The third kappa shape index (κ3) is 4.35. The third-order valence-electron chi connectivity index (χ3n) is 4.95. The average Bonchev–Trinajstić information content (AvgIpc) is 2.95. The molecule has 1 aromatic carbocycles. The van der Waals surface area contributed by atoms with Crippen LogP contribution in [0.1, 0.15) is 6.42 Å². The van der Waals surface area contributed by atoms with Crippen LogP contribution in [-0.2, 0) is 14.6 Å². The first-order valence-electron chi connectivity index (χ1n) is 8.94. The number of piperazine rings is 1. The molecule has 0 saturated carbocycles. The van der Waals surface area contributed by atoms with Gasteiger partial charge in [0.1, 0.15) is 5.75 Å². The Kier molecular flexibility index (Phi) is 5.59. The number of carbonyl (C=O) groups is 2. The number of amides is 3. The highest BCUT2D eigenvalue weighted by Gasteiger charge is 2.49. The molecule has 1 aromatic rings. The molecule has 2 heterocycles. The van der Waals surface area contributed by atoms with Crippen LogP contribution in [-0.4, -0.2) is 92.4 Å². The molecule has 27 heavy (non-hydrogen) atoms. The Morgan fingerprint density at radius 3 is 2.30 bits per heavy atom. The van der Waals surface area contributed by atoms with Crippen LogP contribution in [0.25, 0.3) is 0 Å². The highest BCUT2D eigenvalue weighted by atomic mass is 32.2. The smallest absolute Gasteiger partial charge is 0.319 e. The molecule has 2 atom stereocenters. The Labute approximate surface area is 159 Å². The predicted octanol–water partition coefficient (Wildman–Crippen LogP) is 0.447. The van der Waals surface area contributed by atoms with Crippen molar-refractivity contribution in [2.24, 2.45) is 0 Å². The molecular weight excluding hydrogens is 370 g/mol. The first-order valence-corrected chi connectivity index (χ1v) is 10.8. The van der Waals surface area contributed by atoms with Gasteiger partial charge >= 0.3 is 6.03 Å². The number of sulfone groups is 1. The highest BCUT2D eigenvalue weighted by Crippen LogP contribution is 2.28. The van der Waals surface area contributed by atoms with Crippen LogP contribution in [0, 0.1) is 0 Å². The summed E-state index contributed by atoms with van der Waals surface area (Å²) in [5, 5.41) is 0. The van der Waals surface area contributed by atoms with E-state index in [2.05, 4.69) is 0 Å².